The maximum atomic E-state index is 5.54. The summed E-state index contributed by atoms with van der Waals surface area (Å²) in [6.45, 7) is 9.78. The van der Waals surface area contributed by atoms with Gasteiger partial charge in [-0.2, -0.15) is 0 Å². The number of benzene rings is 1. The first-order chi connectivity index (χ1) is 9.35. The maximum absolute atomic E-state index is 5.54. The molecular formula is C16H24N2O. The standard InChI is InChI=1S/C16H24N2O/c1-3-10-18(4-2)11-9-17-12-14-13-19-16-8-6-5-7-15(14)16/h5-8,13,17H,3-4,9-12H2,1-2H3. The molecule has 1 aromatic carbocycles. The minimum Gasteiger partial charge on any atom is -0.464 e. The SMILES string of the molecule is CCCN(CC)CCNCc1coc2ccccc12. The van der Waals surface area contributed by atoms with Crippen molar-refractivity contribution in [2.75, 3.05) is 26.2 Å². The third kappa shape index (κ3) is 3.82. The minimum atomic E-state index is 0.876. The Labute approximate surface area is 115 Å². The van der Waals surface area contributed by atoms with Gasteiger partial charge in [0, 0.05) is 30.6 Å². The van der Waals surface area contributed by atoms with Crippen molar-refractivity contribution in [1.29, 1.82) is 0 Å². The average molecular weight is 260 g/mol. The maximum Gasteiger partial charge on any atom is 0.134 e. The van der Waals surface area contributed by atoms with E-state index in [1.165, 1.54) is 23.9 Å². The zero-order valence-electron chi connectivity index (χ0n) is 12.0. The van der Waals surface area contributed by atoms with Crippen molar-refractivity contribution in [1.82, 2.24) is 10.2 Å². The van der Waals surface area contributed by atoms with E-state index < -0.39 is 0 Å². The largest absolute Gasteiger partial charge is 0.464 e. The number of furan rings is 1. The number of nitrogens with zero attached hydrogens (tertiary/aromatic N) is 1. The molecule has 0 atom stereocenters. The van der Waals surface area contributed by atoms with Crippen LogP contribution in [0, 0.1) is 0 Å². The zero-order valence-corrected chi connectivity index (χ0v) is 12.0. The summed E-state index contributed by atoms with van der Waals surface area (Å²) in [5.74, 6) is 0. The van der Waals surface area contributed by atoms with Crippen LogP contribution in [-0.4, -0.2) is 31.1 Å². The topological polar surface area (TPSA) is 28.4 Å². The molecule has 0 spiro atoms. The van der Waals surface area contributed by atoms with Gasteiger partial charge in [-0.3, -0.25) is 0 Å². The number of para-hydroxylation sites is 1. The molecule has 3 heteroatoms. The monoisotopic (exact) mass is 260 g/mol. The minimum absolute atomic E-state index is 0.876. The molecule has 0 unspecified atom stereocenters. The van der Waals surface area contributed by atoms with Gasteiger partial charge in [-0.05, 0) is 25.6 Å². The van der Waals surface area contributed by atoms with Crippen molar-refractivity contribution >= 4 is 11.0 Å². The van der Waals surface area contributed by atoms with Crippen molar-refractivity contribution in [2.45, 2.75) is 26.8 Å². The molecule has 1 N–H and O–H groups in total. The first-order valence-corrected chi connectivity index (χ1v) is 7.23. The molecule has 0 aliphatic rings. The number of hydrogen-bond donors (Lipinski definition) is 1. The first kappa shape index (κ1) is 14.1. The van der Waals surface area contributed by atoms with E-state index in [2.05, 4.69) is 36.2 Å². The summed E-state index contributed by atoms with van der Waals surface area (Å²) in [6, 6.07) is 8.19. The van der Waals surface area contributed by atoms with E-state index in [-0.39, 0.29) is 0 Å². The molecule has 1 aromatic heterocycles. The lowest BCUT2D eigenvalue weighted by molar-refractivity contribution is 0.287. The molecule has 0 fully saturated rings. The molecule has 1 heterocycles. The van der Waals surface area contributed by atoms with Gasteiger partial charge >= 0.3 is 0 Å². The predicted octanol–water partition coefficient (Wildman–Crippen LogP) is 3.25. The summed E-state index contributed by atoms with van der Waals surface area (Å²) in [5.41, 5.74) is 2.22. The second-order valence-electron chi connectivity index (χ2n) is 4.87. The van der Waals surface area contributed by atoms with Crippen molar-refractivity contribution in [3.05, 3.63) is 36.1 Å². The summed E-state index contributed by atoms with van der Waals surface area (Å²) in [6.07, 6.45) is 3.08. The van der Waals surface area contributed by atoms with Crippen LogP contribution in [0.15, 0.2) is 34.9 Å². The fraction of sp³-hybridized carbons (Fsp3) is 0.500. The molecule has 3 nitrogen and oxygen atoms in total. The molecule has 0 aliphatic carbocycles. The Balaban J connectivity index is 1.79. The fourth-order valence-corrected chi connectivity index (χ4v) is 2.37. The van der Waals surface area contributed by atoms with Crippen LogP contribution in [0.3, 0.4) is 0 Å². The molecular weight excluding hydrogens is 236 g/mol. The van der Waals surface area contributed by atoms with Gasteiger partial charge in [0.1, 0.15) is 5.58 Å². The molecule has 104 valence electrons. The summed E-state index contributed by atoms with van der Waals surface area (Å²) in [4.78, 5) is 2.47. The van der Waals surface area contributed by atoms with Gasteiger partial charge < -0.3 is 14.6 Å². The van der Waals surface area contributed by atoms with Crippen LogP contribution in [-0.2, 0) is 6.54 Å². The number of nitrogens with one attached hydrogen (secondary N) is 1. The summed E-state index contributed by atoms with van der Waals surface area (Å²) < 4.78 is 5.54. The van der Waals surface area contributed by atoms with Crippen molar-refractivity contribution < 1.29 is 4.42 Å². The molecule has 0 saturated heterocycles. The Morgan fingerprint density at radius 3 is 2.79 bits per heavy atom. The quantitative estimate of drug-likeness (QED) is 0.739. The molecule has 2 aromatic rings. The predicted molar refractivity (Wildman–Crippen MR) is 80.3 cm³/mol. The third-order valence-electron chi connectivity index (χ3n) is 3.47. The van der Waals surface area contributed by atoms with Gasteiger partial charge in [0.2, 0.25) is 0 Å². The van der Waals surface area contributed by atoms with Gasteiger partial charge in [-0.25, -0.2) is 0 Å². The van der Waals surface area contributed by atoms with Crippen molar-refractivity contribution in [3.63, 3.8) is 0 Å². The molecule has 19 heavy (non-hydrogen) atoms. The molecule has 0 radical (unpaired) electrons. The van der Waals surface area contributed by atoms with Gasteiger partial charge in [0.05, 0.1) is 6.26 Å². The van der Waals surface area contributed by atoms with E-state index in [0.29, 0.717) is 0 Å². The van der Waals surface area contributed by atoms with E-state index in [9.17, 15) is 0 Å². The number of rotatable bonds is 8. The number of fused-ring (bicyclic) bond motifs is 1. The molecule has 0 bridgehead atoms. The van der Waals surface area contributed by atoms with E-state index in [4.69, 9.17) is 4.42 Å². The van der Waals surface area contributed by atoms with Gasteiger partial charge in [0.15, 0.2) is 0 Å². The Kier molecular flexibility index (Phi) is 5.43. The van der Waals surface area contributed by atoms with Gasteiger partial charge in [-0.1, -0.05) is 32.0 Å². The first-order valence-electron chi connectivity index (χ1n) is 7.23. The van der Waals surface area contributed by atoms with Gasteiger partial charge in [0.25, 0.3) is 0 Å². The Morgan fingerprint density at radius 1 is 1.16 bits per heavy atom. The highest BCUT2D eigenvalue weighted by atomic mass is 16.3. The highest BCUT2D eigenvalue weighted by molar-refractivity contribution is 5.80. The second-order valence-corrected chi connectivity index (χ2v) is 4.87. The average Bonchev–Trinajstić information content (AvgIpc) is 2.85. The van der Waals surface area contributed by atoms with Crippen LogP contribution in [0.5, 0.6) is 0 Å². The lowest BCUT2D eigenvalue weighted by Gasteiger charge is -2.19. The number of likely N-dealkylation sites (N-methyl/N-ethyl adjacent to an activating group) is 1. The molecule has 0 aliphatic heterocycles. The van der Waals surface area contributed by atoms with Crippen LogP contribution in [0.1, 0.15) is 25.8 Å². The van der Waals surface area contributed by atoms with E-state index in [1.807, 2.05) is 18.4 Å². The third-order valence-corrected chi connectivity index (χ3v) is 3.47. The lowest BCUT2D eigenvalue weighted by atomic mass is 10.2. The van der Waals surface area contributed by atoms with Crippen LogP contribution in [0.25, 0.3) is 11.0 Å². The van der Waals surface area contributed by atoms with Crippen molar-refractivity contribution in [2.24, 2.45) is 0 Å². The smallest absolute Gasteiger partial charge is 0.134 e. The van der Waals surface area contributed by atoms with E-state index in [0.717, 1.165) is 31.8 Å². The summed E-state index contributed by atoms with van der Waals surface area (Å²) in [5, 5.41) is 4.72. The molecule has 2 rings (SSSR count). The summed E-state index contributed by atoms with van der Waals surface area (Å²) >= 11 is 0. The van der Waals surface area contributed by atoms with Crippen LogP contribution < -0.4 is 5.32 Å². The van der Waals surface area contributed by atoms with E-state index >= 15 is 0 Å². The normalized spacial score (nSPS) is 11.5. The fourth-order valence-electron chi connectivity index (χ4n) is 2.37. The van der Waals surface area contributed by atoms with Crippen LogP contribution in [0.4, 0.5) is 0 Å². The Morgan fingerprint density at radius 2 is 2.00 bits per heavy atom. The number of hydrogen-bond acceptors (Lipinski definition) is 3. The zero-order chi connectivity index (χ0) is 13.5. The molecule has 0 saturated carbocycles. The summed E-state index contributed by atoms with van der Waals surface area (Å²) in [7, 11) is 0. The Hall–Kier alpha value is -1.32. The van der Waals surface area contributed by atoms with E-state index in [1.54, 1.807) is 0 Å². The van der Waals surface area contributed by atoms with Crippen molar-refractivity contribution in [3.8, 4) is 0 Å². The van der Waals surface area contributed by atoms with Gasteiger partial charge in [-0.15, -0.1) is 0 Å². The molecule has 0 amide bonds. The van der Waals surface area contributed by atoms with Crippen LogP contribution in [0.2, 0.25) is 0 Å². The highest BCUT2D eigenvalue weighted by Gasteiger charge is 2.04. The highest BCUT2D eigenvalue weighted by Crippen LogP contribution is 2.20. The van der Waals surface area contributed by atoms with Crippen LogP contribution >= 0.6 is 0 Å². The second kappa shape index (κ2) is 7.31. The Bertz CT molecular complexity index is 492. The lowest BCUT2D eigenvalue weighted by Crippen LogP contribution is -2.32.